The van der Waals surface area contributed by atoms with Gasteiger partial charge in [0.25, 0.3) is 5.91 Å². The highest BCUT2D eigenvalue weighted by Crippen LogP contribution is 2.38. The number of aryl methyl sites for hydroxylation is 1. The Balaban J connectivity index is 1.46. The lowest BCUT2D eigenvalue weighted by atomic mass is 9.73. The summed E-state index contributed by atoms with van der Waals surface area (Å²) in [6.45, 7) is 3.06. The molecule has 1 atom stereocenters. The van der Waals surface area contributed by atoms with Crippen molar-refractivity contribution >= 4 is 11.8 Å². The lowest BCUT2D eigenvalue weighted by Gasteiger charge is -2.41. The fourth-order valence-electron chi connectivity index (χ4n) is 4.85. The largest absolute Gasteiger partial charge is 0.491 e. The zero-order valence-corrected chi connectivity index (χ0v) is 18.9. The number of fused-ring (bicyclic) bond motifs is 1. The van der Waals surface area contributed by atoms with Crippen molar-refractivity contribution in [2.75, 3.05) is 19.7 Å². The van der Waals surface area contributed by atoms with Crippen molar-refractivity contribution in [3.63, 3.8) is 0 Å². The second-order valence-corrected chi connectivity index (χ2v) is 9.23. The number of nitrogens with one attached hydrogen (secondary N) is 1. The molecule has 1 saturated heterocycles. The van der Waals surface area contributed by atoms with Crippen LogP contribution in [0.3, 0.4) is 0 Å². The summed E-state index contributed by atoms with van der Waals surface area (Å²) in [6, 6.07) is 10.7. The van der Waals surface area contributed by atoms with E-state index in [1.54, 1.807) is 4.90 Å². The van der Waals surface area contributed by atoms with Gasteiger partial charge in [-0.05, 0) is 62.8 Å². The molecule has 5 nitrogen and oxygen atoms in total. The van der Waals surface area contributed by atoms with Gasteiger partial charge in [-0.3, -0.25) is 9.59 Å². The number of para-hydroxylation sites is 1. The summed E-state index contributed by atoms with van der Waals surface area (Å²) in [4.78, 5) is 27.7. The van der Waals surface area contributed by atoms with Crippen LogP contribution in [0, 0.1) is 17.0 Å². The molecule has 1 spiro atoms. The molecule has 0 radical (unpaired) electrons. The van der Waals surface area contributed by atoms with Gasteiger partial charge < -0.3 is 15.0 Å². The van der Waals surface area contributed by atoms with Gasteiger partial charge in [-0.15, -0.1) is 0 Å². The third kappa shape index (κ3) is 5.34. The topological polar surface area (TPSA) is 58.6 Å². The molecule has 176 valence electrons. The van der Waals surface area contributed by atoms with Crippen LogP contribution in [-0.2, 0) is 11.2 Å². The van der Waals surface area contributed by atoms with E-state index in [1.807, 2.05) is 25.1 Å². The summed E-state index contributed by atoms with van der Waals surface area (Å²) in [6.07, 6.45) is 4.50. The lowest BCUT2D eigenvalue weighted by molar-refractivity contribution is -0.135. The van der Waals surface area contributed by atoms with Crippen molar-refractivity contribution in [2.24, 2.45) is 5.41 Å². The van der Waals surface area contributed by atoms with E-state index in [4.69, 9.17) is 4.74 Å². The summed E-state index contributed by atoms with van der Waals surface area (Å²) in [5.41, 5.74) is 0.612. The second-order valence-electron chi connectivity index (χ2n) is 9.23. The van der Waals surface area contributed by atoms with Crippen molar-refractivity contribution in [2.45, 2.75) is 51.5 Å². The molecular formula is C26H30F2N2O3. The predicted molar refractivity (Wildman–Crippen MR) is 121 cm³/mol. The number of hydrogen-bond donors (Lipinski definition) is 1. The fraction of sp³-hybridized carbons (Fsp3) is 0.462. The Kier molecular flexibility index (Phi) is 6.96. The van der Waals surface area contributed by atoms with Gasteiger partial charge >= 0.3 is 0 Å². The summed E-state index contributed by atoms with van der Waals surface area (Å²) >= 11 is 0. The zero-order valence-electron chi connectivity index (χ0n) is 18.9. The molecule has 2 amide bonds. The van der Waals surface area contributed by atoms with E-state index in [2.05, 4.69) is 11.4 Å². The van der Waals surface area contributed by atoms with Gasteiger partial charge in [0.05, 0.1) is 11.5 Å². The SMILES string of the molecule is C[C@@H]1COc2ccccc2CCCCC2(CCN(C(=O)c3cc(F)cc(F)c3)CC2)C(=O)N1. The Morgan fingerprint density at radius 2 is 1.76 bits per heavy atom. The number of benzene rings is 2. The monoisotopic (exact) mass is 456 g/mol. The summed E-state index contributed by atoms with van der Waals surface area (Å²) in [5.74, 6) is -1.09. The average Bonchev–Trinajstić information content (AvgIpc) is 2.79. The van der Waals surface area contributed by atoms with Gasteiger partial charge in [0, 0.05) is 24.7 Å². The van der Waals surface area contributed by atoms with E-state index < -0.39 is 23.0 Å². The van der Waals surface area contributed by atoms with Gasteiger partial charge in [-0.1, -0.05) is 24.6 Å². The molecule has 1 fully saturated rings. The molecule has 1 N–H and O–H groups in total. The molecule has 0 aliphatic carbocycles. The summed E-state index contributed by atoms with van der Waals surface area (Å²) < 4.78 is 33.1. The molecule has 7 heteroatoms. The number of hydrogen-bond acceptors (Lipinski definition) is 3. The number of amides is 2. The molecule has 2 aromatic rings. The molecular weight excluding hydrogens is 426 g/mol. The highest BCUT2D eigenvalue weighted by molar-refractivity contribution is 5.94. The van der Waals surface area contributed by atoms with Crippen LogP contribution in [0.4, 0.5) is 8.78 Å². The maximum atomic E-state index is 13.6. The van der Waals surface area contributed by atoms with Crippen molar-refractivity contribution in [3.8, 4) is 5.75 Å². The third-order valence-corrected chi connectivity index (χ3v) is 6.79. The maximum absolute atomic E-state index is 13.6. The molecule has 2 aliphatic rings. The number of likely N-dealkylation sites (tertiary alicyclic amines) is 1. The van der Waals surface area contributed by atoms with Crippen molar-refractivity contribution in [1.29, 1.82) is 0 Å². The third-order valence-electron chi connectivity index (χ3n) is 6.79. The van der Waals surface area contributed by atoms with Crippen LogP contribution in [0.2, 0.25) is 0 Å². The number of carbonyl (C=O) groups excluding carboxylic acids is 2. The van der Waals surface area contributed by atoms with E-state index in [0.717, 1.165) is 49.6 Å². The van der Waals surface area contributed by atoms with Crippen molar-refractivity contribution < 1.29 is 23.1 Å². The van der Waals surface area contributed by atoms with Crippen LogP contribution >= 0.6 is 0 Å². The first-order valence-corrected chi connectivity index (χ1v) is 11.6. The Hall–Kier alpha value is -2.96. The van der Waals surface area contributed by atoms with Crippen LogP contribution in [0.5, 0.6) is 5.75 Å². The van der Waals surface area contributed by atoms with Crippen molar-refractivity contribution in [1.82, 2.24) is 10.2 Å². The molecule has 0 bridgehead atoms. The van der Waals surface area contributed by atoms with Gasteiger partial charge in [0.1, 0.15) is 24.0 Å². The van der Waals surface area contributed by atoms with Crippen LogP contribution in [-0.4, -0.2) is 42.5 Å². The lowest BCUT2D eigenvalue weighted by Crippen LogP contribution is -2.52. The quantitative estimate of drug-likeness (QED) is 0.688. The molecule has 2 aromatic carbocycles. The second kappa shape index (κ2) is 9.89. The highest BCUT2D eigenvalue weighted by atomic mass is 19.1. The molecule has 0 unspecified atom stereocenters. The number of carbonyl (C=O) groups is 2. The van der Waals surface area contributed by atoms with E-state index in [9.17, 15) is 18.4 Å². The number of halogens is 2. The summed E-state index contributed by atoms with van der Waals surface area (Å²) in [7, 11) is 0. The normalized spacial score (nSPS) is 21.2. The molecule has 0 saturated carbocycles. The molecule has 33 heavy (non-hydrogen) atoms. The van der Waals surface area contributed by atoms with E-state index >= 15 is 0 Å². The highest BCUT2D eigenvalue weighted by Gasteiger charge is 2.42. The molecule has 2 aliphatic heterocycles. The van der Waals surface area contributed by atoms with Crippen LogP contribution in [0.1, 0.15) is 54.9 Å². The Labute approximate surface area is 193 Å². The first kappa shape index (κ1) is 23.2. The van der Waals surface area contributed by atoms with E-state index in [0.29, 0.717) is 32.5 Å². The van der Waals surface area contributed by atoms with E-state index in [1.165, 1.54) is 5.56 Å². The Morgan fingerprint density at radius 3 is 2.48 bits per heavy atom. The van der Waals surface area contributed by atoms with Crippen molar-refractivity contribution in [3.05, 3.63) is 65.2 Å². The Bertz CT molecular complexity index is 998. The number of ether oxygens (including phenoxy) is 1. The van der Waals surface area contributed by atoms with Crippen LogP contribution in [0.15, 0.2) is 42.5 Å². The summed E-state index contributed by atoms with van der Waals surface area (Å²) in [5, 5.41) is 3.11. The standard InChI is InChI=1S/C26H30F2N2O3/c1-18-17-33-23-8-3-2-6-19(23)7-4-5-9-26(25(32)29-18)10-12-30(13-11-26)24(31)20-14-21(27)16-22(28)15-20/h2-3,6,8,14-16,18H,4-5,7,9-13,17H2,1H3,(H,29,32)/t18-/m1/s1. The number of rotatable bonds is 1. The van der Waals surface area contributed by atoms with Gasteiger partial charge in [0.15, 0.2) is 0 Å². The van der Waals surface area contributed by atoms with Crippen LogP contribution in [0.25, 0.3) is 0 Å². The minimum atomic E-state index is -0.775. The number of piperidine rings is 1. The molecule has 2 heterocycles. The molecule has 0 aromatic heterocycles. The minimum absolute atomic E-state index is 0.00337. The predicted octanol–water partition coefficient (Wildman–Crippen LogP) is 4.50. The van der Waals surface area contributed by atoms with Gasteiger partial charge in [-0.25, -0.2) is 8.78 Å². The van der Waals surface area contributed by atoms with Gasteiger partial charge in [0.2, 0.25) is 5.91 Å². The maximum Gasteiger partial charge on any atom is 0.254 e. The first-order chi connectivity index (χ1) is 15.9. The average molecular weight is 457 g/mol. The smallest absolute Gasteiger partial charge is 0.254 e. The first-order valence-electron chi connectivity index (χ1n) is 11.6. The number of nitrogens with zero attached hydrogens (tertiary/aromatic N) is 1. The fourth-order valence-corrected chi connectivity index (χ4v) is 4.85. The van der Waals surface area contributed by atoms with Crippen LogP contribution < -0.4 is 10.1 Å². The Morgan fingerprint density at radius 1 is 1.06 bits per heavy atom. The van der Waals surface area contributed by atoms with E-state index in [-0.39, 0.29) is 17.5 Å². The minimum Gasteiger partial charge on any atom is -0.491 e. The molecule has 4 rings (SSSR count). The zero-order chi connectivity index (χ0) is 23.4. The van der Waals surface area contributed by atoms with Gasteiger partial charge in [-0.2, -0.15) is 0 Å².